The van der Waals surface area contributed by atoms with Gasteiger partial charge in [-0.25, -0.2) is 4.39 Å². The fourth-order valence-electron chi connectivity index (χ4n) is 1.47. The molecule has 1 N–H and O–H groups in total. The Bertz CT molecular complexity index is 323. The second kappa shape index (κ2) is 4.07. The molecule has 1 aliphatic rings. The SMILES string of the molecule is Cc1cc(F)ccc1CNC1COC1. The van der Waals surface area contributed by atoms with Gasteiger partial charge in [0, 0.05) is 6.54 Å². The molecule has 0 bridgehead atoms. The van der Waals surface area contributed by atoms with E-state index in [4.69, 9.17) is 4.74 Å². The first-order chi connectivity index (χ1) is 6.75. The third kappa shape index (κ3) is 2.11. The molecule has 1 saturated heterocycles. The van der Waals surface area contributed by atoms with Crippen molar-refractivity contribution in [2.75, 3.05) is 13.2 Å². The van der Waals surface area contributed by atoms with Crippen LogP contribution < -0.4 is 5.32 Å². The molecule has 1 aliphatic heterocycles. The van der Waals surface area contributed by atoms with Crippen molar-refractivity contribution in [3.63, 3.8) is 0 Å². The number of halogens is 1. The summed E-state index contributed by atoms with van der Waals surface area (Å²) in [5, 5.41) is 3.35. The van der Waals surface area contributed by atoms with Gasteiger partial charge in [0.05, 0.1) is 19.3 Å². The fraction of sp³-hybridized carbons (Fsp3) is 0.455. The van der Waals surface area contributed by atoms with Crippen LogP contribution >= 0.6 is 0 Å². The van der Waals surface area contributed by atoms with E-state index in [1.54, 1.807) is 6.07 Å². The number of hydrogen-bond acceptors (Lipinski definition) is 2. The fourth-order valence-corrected chi connectivity index (χ4v) is 1.47. The van der Waals surface area contributed by atoms with E-state index in [1.807, 2.05) is 13.0 Å². The lowest BCUT2D eigenvalue weighted by Gasteiger charge is -2.27. The molecule has 2 nitrogen and oxygen atoms in total. The molecule has 0 amide bonds. The Balaban J connectivity index is 1.94. The van der Waals surface area contributed by atoms with E-state index in [0.29, 0.717) is 6.04 Å². The van der Waals surface area contributed by atoms with Gasteiger partial charge in [-0.15, -0.1) is 0 Å². The van der Waals surface area contributed by atoms with E-state index in [9.17, 15) is 4.39 Å². The maximum Gasteiger partial charge on any atom is 0.123 e. The molecule has 3 heteroatoms. The highest BCUT2D eigenvalue weighted by atomic mass is 19.1. The average molecular weight is 195 g/mol. The number of benzene rings is 1. The third-order valence-corrected chi connectivity index (χ3v) is 2.52. The molecule has 0 spiro atoms. The van der Waals surface area contributed by atoms with Crippen molar-refractivity contribution in [3.05, 3.63) is 35.1 Å². The lowest BCUT2D eigenvalue weighted by atomic mass is 10.1. The highest BCUT2D eigenvalue weighted by Crippen LogP contribution is 2.10. The summed E-state index contributed by atoms with van der Waals surface area (Å²) in [5.41, 5.74) is 2.15. The Morgan fingerprint density at radius 1 is 1.50 bits per heavy atom. The van der Waals surface area contributed by atoms with Crippen LogP contribution in [0.3, 0.4) is 0 Å². The topological polar surface area (TPSA) is 21.3 Å². The largest absolute Gasteiger partial charge is 0.378 e. The van der Waals surface area contributed by atoms with Gasteiger partial charge in [0.1, 0.15) is 5.82 Å². The Morgan fingerprint density at radius 2 is 2.29 bits per heavy atom. The van der Waals surface area contributed by atoms with E-state index < -0.39 is 0 Å². The van der Waals surface area contributed by atoms with Gasteiger partial charge in [-0.05, 0) is 30.2 Å². The van der Waals surface area contributed by atoms with Crippen LogP contribution in [0.25, 0.3) is 0 Å². The minimum Gasteiger partial charge on any atom is -0.378 e. The van der Waals surface area contributed by atoms with Crippen molar-refractivity contribution < 1.29 is 9.13 Å². The van der Waals surface area contributed by atoms with Crippen LogP contribution in [0.1, 0.15) is 11.1 Å². The van der Waals surface area contributed by atoms with E-state index >= 15 is 0 Å². The van der Waals surface area contributed by atoms with Crippen molar-refractivity contribution in [2.24, 2.45) is 0 Å². The Hall–Kier alpha value is -0.930. The normalized spacial score (nSPS) is 16.7. The second-order valence-electron chi connectivity index (χ2n) is 3.69. The van der Waals surface area contributed by atoms with Crippen LogP contribution in [0.15, 0.2) is 18.2 Å². The van der Waals surface area contributed by atoms with Gasteiger partial charge in [-0.3, -0.25) is 0 Å². The molecule has 0 unspecified atom stereocenters. The summed E-state index contributed by atoms with van der Waals surface area (Å²) in [7, 11) is 0. The number of aryl methyl sites for hydroxylation is 1. The zero-order valence-corrected chi connectivity index (χ0v) is 8.22. The summed E-state index contributed by atoms with van der Waals surface area (Å²) in [6, 6.07) is 5.37. The summed E-state index contributed by atoms with van der Waals surface area (Å²) in [4.78, 5) is 0. The van der Waals surface area contributed by atoms with Crippen molar-refractivity contribution in [2.45, 2.75) is 19.5 Å². The van der Waals surface area contributed by atoms with Crippen LogP contribution in [0.5, 0.6) is 0 Å². The highest BCUT2D eigenvalue weighted by molar-refractivity contribution is 5.26. The Kier molecular flexibility index (Phi) is 2.79. The van der Waals surface area contributed by atoms with E-state index in [-0.39, 0.29) is 5.82 Å². The van der Waals surface area contributed by atoms with Crippen molar-refractivity contribution in [1.29, 1.82) is 0 Å². The van der Waals surface area contributed by atoms with Crippen LogP contribution in [0.4, 0.5) is 4.39 Å². The summed E-state index contributed by atoms with van der Waals surface area (Å²) >= 11 is 0. The maximum atomic E-state index is 12.8. The molecule has 1 fully saturated rings. The van der Waals surface area contributed by atoms with Crippen molar-refractivity contribution in [1.82, 2.24) is 5.32 Å². The monoisotopic (exact) mass is 195 g/mol. The summed E-state index contributed by atoms with van der Waals surface area (Å²) < 4.78 is 17.8. The summed E-state index contributed by atoms with van der Waals surface area (Å²) in [5.74, 6) is -0.168. The molecular formula is C11H14FNO. The zero-order chi connectivity index (χ0) is 9.97. The lowest BCUT2D eigenvalue weighted by molar-refractivity contribution is -0.00580. The van der Waals surface area contributed by atoms with Crippen LogP contribution in [0, 0.1) is 12.7 Å². The minimum atomic E-state index is -0.168. The van der Waals surface area contributed by atoms with Gasteiger partial charge >= 0.3 is 0 Å². The van der Waals surface area contributed by atoms with Gasteiger partial charge in [-0.1, -0.05) is 6.07 Å². The molecule has 76 valence electrons. The molecular weight excluding hydrogens is 181 g/mol. The maximum absolute atomic E-state index is 12.8. The predicted octanol–water partition coefficient (Wildman–Crippen LogP) is 1.62. The first kappa shape index (κ1) is 9.62. The molecule has 2 rings (SSSR count). The number of nitrogens with one attached hydrogen (secondary N) is 1. The highest BCUT2D eigenvalue weighted by Gasteiger charge is 2.17. The van der Waals surface area contributed by atoms with Crippen LogP contribution in [0.2, 0.25) is 0 Å². The number of ether oxygens (including phenoxy) is 1. The molecule has 0 atom stereocenters. The number of hydrogen-bond donors (Lipinski definition) is 1. The molecule has 0 radical (unpaired) electrons. The molecule has 0 aromatic heterocycles. The zero-order valence-electron chi connectivity index (χ0n) is 8.22. The van der Waals surface area contributed by atoms with Gasteiger partial charge < -0.3 is 10.1 Å². The van der Waals surface area contributed by atoms with Crippen molar-refractivity contribution in [3.8, 4) is 0 Å². The smallest absolute Gasteiger partial charge is 0.123 e. The van der Waals surface area contributed by atoms with E-state index in [2.05, 4.69) is 5.32 Å². The standard InChI is InChI=1S/C11H14FNO/c1-8-4-10(12)3-2-9(8)5-13-11-6-14-7-11/h2-4,11,13H,5-7H2,1H3. The summed E-state index contributed by atoms with van der Waals surface area (Å²) in [6.45, 7) is 4.30. The van der Waals surface area contributed by atoms with Gasteiger partial charge in [0.25, 0.3) is 0 Å². The van der Waals surface area contributed by atoms with Crippen LogP contribution in [-0.4, -0.2) is 19.3 Å². The third-order valence-electron chi connectivity index (χ3n) is 2.52. The van der Waals surface area contributed by atoms with Crippen molar-refractivity contribution >= 4 is 0 Å². The average Bonchev–Trinajstić information content (AvgIpc) is 2.05. The molecule has 14 heavy (non-hydrogen) atoms. The molecule has 1 aromatic rings. The Labute approximate surface area is 83.1 Å². The van der Waals surface area contributed by atoms with Gasteiger partial charge in [0.15, 0.2) is 0 Å². The second-order valence-corrected chi connectivity index (χ2v) is 3.69. The van der Waals surface area contributed by atoms with Gasteiger partial charge in [0.2, 0.25) is 0 Å². The number of rotatable bonds is 3. The van der Waals surface area contributed by atoms with E-state index in [1.165, 1.54) is 6.07 Å². The molecule has 0 aliphatic carbocycles. The minimum absolute atomic E-state index is 0.168. The lowest BCUT2D eigenvalue weighted by Crippen LogP contribution is -2.45. The molecule has 1 aromatic carbocycles. The predicted molar refractivity (Wildman–Crippen MR) is 52.6 cm³/mol. The van der Waals surface area contributed by atoms with Crippen LogP contribution in [-0.2, 0) is 11.3 Å². The van der Waals surface area contributed by atoms with E-state index in [0.717, 1.165) is 30.9 Å². The quantitative estimate of drug-likeness (QED) is 0.791. The first-order valence-electron chi connectivity index (χ1n) is 4.82. The van der Waals surface area contributed by atoms with Gasteiger partial charge in [-0.2, -0.15) is 0 Å². The first-order valence-corrected chi connectivity index (χ1v) is 4.82. The Morgan fingerprint density at radius 3 is 2.86 bits per heavy atom. The summed E-state index contributed by atoms with van der Waals surface area (Å²) in [6.07, 6.45) is 0. The molecule has 1 heterocycles. The molecule has 0 saturated carbocycles.